The Labute approximate surface area is 403 Å². The molecule has 0 aliphatic rings. The first kappa shape index (κ1) is 62.6. The molecular formula is C59H107NO5. The summed E-state index contributed by atoms with van der Waals surface area (Å²) in [6, 6.07) is -0.708. The zero-order chi connectivity index (χ0) is 47.4. The molecule has 3 atom stereocenters. The van der Waals surface area contributed by atoms with Gasteiger partial charge in [-0.15, -0.1) is 0 Å². The molecule has 0 spiro atoms. The Balaban J connectivity index is 4.60. The maximum absolute atomic E-state index is 13.2. The molecule has 0 saturated heterocycles. The van der Waals surface area contributed by atoms with Crippen LogP contribution >= 0.6 is 0 Å². The molecule has 0 aromatic rings. The zero-order valence-corrected chi connectivity index (χ0v) is 43.1. The van der Waals surface area contributed by atoms with Gasteiger partial charge in [-0.2, -0.15) is 0 Å². The second kappa shape index (κ2) is 52.5. The Kier molecular flexibility index (Phi) is 50.6. The number of amides is 1. The van der Waals surface area contributed by atoms with Crippen molar-refractivity contribution < 1.29 is 24.5 Å². The number of rotatable bonds is 50. The van der Waals surface area contributed by atoms with Crippen molar-refractivity contribution in [3.63, 3.8) is 0 Å². The van der Waals surface area contributed by atoms with Crippen molar-refractivity contribution >= 4 is 11.9 Å². The van der Waals surface area contributed by atoms with Gasteiger partial charge in [0.15, 0.2) is 0 Å². The number of hydrogen-bond acceptors (Lipinski definition) is 5. The van der Waals surface area contributed by atoms with E-state index < -0.39 is 18.2 Å². The van der Waals surface area contributed by atoms with E-state index in [9.17, 15) is 19.8 Å². The van der Waals surface area contributed by atoms with Crippen LogP contribution in [0.2, 0.25) is 0 Å². The number of carbonyl (C=O) groups excluding carboxylic acids is 2. The summed E-state index contributed by atoms with van der Waals surface area (Å²) in [7, 11) is 0. The van der Waals surface area contributed by atoms with Crippen molar-refractivity contribution in [2.24, 2.45) is 0 Å². The summed E-state index contributed by atoms with van der Waals surface area (Å²) in [6.07, 6.45) is 65.7. The number of aliphatic hydroxyl groups is 2. The van der Waals surface area contributed by atoms with Crippen LogP contribution in [-0.2, 0) is 14.3 Å². The highest BCUT2D eigenvalue weighted by molar-refractivity contribution is 5.77. The summed E-state index contributed by atoms with van der Waals surface area (Å²) < 4.78 is 5.94. The highest BCUT2D eigenvalue weighted by Gasteiger charge is 2.24. The van der Waals surface area contributed by atoms with Gasteiger partial charge in [-0.25, -0.2) is 0 Å². The Bertz CT molecular complexity index is 1160. The molecule has 6 heteroatoms. The van der Waals surface area contributed by atoms with E-state index in [2.05, 4.69) is 86.8 Å². The molecule has 378 valence electrons. The van der Waals surface area contributed by atoms with Crippen LogP contribution in [0.5, 0.6) is 0 Å². The van der Waals surface area contributed by atoms with Crippen molar-refractivity contribution in [2.45, 2.75) is 296 Å². The maximum atomic E-state index is 13.2. The third-order valence-electron chi connectivity index (χ3n) is 12.6. The van der Waals surface area contributed by atoms with Crippen molar-refractivity contribution in [1.82, 2.24) is 5.32 Å². The first-order valence-corrected chi connectivity index (χ1v) is 28.0. The van der Waals surface area contributed by atoms with Crippen LogP contribution in [0.15, 0.2) is 60.8 Å². The van der Waals surface area contributed by atoms with Gasteiger partial charge in [0.1, 0.15) is 6.10 Å². The van der Waals surface area contributed by atoms with E-state index in [1.807, 2.05) is 0 Å². The molecule has 0 rings (SSSR count). The van der Waals surface area contributed by atoms with E-state index in [0.29, 0.717) is 19.3 Å². The summed E-state index contributed by atoms with van der Waals surface area (Å²) in [5.74, 6) is -0.502. The van der Waals surface area contributed by atoms with Crippen LogP contribution in [-0.4, -0.2) is 46.9 Å². The highest BCUT2D eigenvalue weighted by Crippen LogP contribution is 2.18. The van der Waals surface area contributed by atoms with Crippen molar-refractivity contribution in [1.29, 1.82) is 0 Å². The minimum absolute atomic E-state index is 0.0656. The van der Waals surface area contributed by atoms with E-state index in [4.69, 9.17) is 4.74 Å². The van der Waals surface area contributed by atoms with E-state index in [-0.39, 0.29) is 24.9 Å². The van der Waals surface area contributed by atoms with Crippen molar-refractivity contribution in [2.75, 3.05) is 6.61 Å². The predicted octanol–water partition coefficient (Wildman–Crippen LogP) is 17.2. The molecule has 0 saturated carbocycles. The highest BCUT2D eigenvalue weighted by atomic mass is 16.5. The van der Waals surface area contributed by atoms with E-state index in [1.54, 1.807) is 0 Å². The third-order valence-corrected chi connectivity index (χ3v) is 12.6. The number of nitrogens with one attached hydrogen (secondary N) is 1. The first-order chi connectivity index (χ1) is 32.0. The molecule has 0 aromatic carbocycles. The molecule has 1 amide bonds. The van der Waals surface area contributed by atoms with Gasteiger partial charge < -0.3 is 20.3 Å². The van der Waals surface area contributed by atoms with Gasteiger partial charge in [-0.1, -0.05) is 255 Å². The normalized spacial score (nSPS) is 13.6. The average molecular weight is 911 g/mol. The summed E-state index contributed by atoms with van der Waals surface area (Å²) in [5.41, 5.74) is 0. The second-order valence-corrected chi connectivity index (χ2v) is 19.0. The molecular weight excluding hydrogens is 803 g/mol. The monoisotopic (exact) mass is 910 g/mol. The molecule has 0 fully saturated rings. The fraction of sp³-hybridized carbons (Fsp3) is 0.797. The lowest BCUT2D eigenvalue weighted by Gasteiger charge is -2.24. The minimum Gasteiger partial charge on any atom is -0.462 e. The quantitative estimate of drug-likeness (QED) is 0.0321. The van der Waals surface area contributed by atoms with Crippen molar-refractivity contribution in [3.8, 4) is 0 Å². The zero-order valence-electron chi connectivity index (χ0n) is 43.1. The summed E-state index contributed by atoms with van der Waals surface area (Å²) >= 11 is 0. The van der Waals surface area contributed by atoms with Crippen molar-refractivity contribution in [3.05, 3.63) is 60.8 Å². The number of unbranched alkanes of at least 4 members (excludes halogenated alkanes) is 28. The molecule has 0 bridgehead atoms. The number of ether oxygens (including phenoxy) is 1. The van der Waals surface area contributed by atoms with E-state index >= 15 is 0 Å². The maximum Gasteiger partial charge on any atom is 0.306 e. The second-order valence-electron chi connectivity index (χ2n) is 19.0. The summed E-state index contributed by atoms with van der Waals surface area (Å²) in [6.45, 7) is 6.37. The third kappa shape index (κ3) is 47.8. The largest absolute Gasteiger partial charge is 0.462 e. The van der Waals surface area contributed by atoms with Crippen LogP contribution in [0, 0.1) is 0 Å². The SMILES string of the molecule is CC/C=C\C/C=C\C/C=C\C/C=C\C/C=C\CCCCCC(=O)OC(CCCCCCCCCCCCCCCCCCC)CC(=O)NC(CO)C(O)CCCCCCCCCCCC. The van der Waals surface area contributed by atoms with Gasteiger partial charge >= 0.3 is 5.97 Å². The molecule has 3 N–H and O–H groups in total. The number of esters is 1. The van der Waals surface area contributed by atoms with Crippen LogP contribution < -0.4 is 5.32 Å². The lowest BCUT2D eigenvalue weighted by molar-refractivity contribution is -0.151. The molecule has 3 unspecified atom stereocenters. The molecule has 0 aromatic heterocycles. The Morgan fingerprint density at radius 1 is 0.462 bits per heavy atom. The first-order valence-electron chi connectivity index (χ1n) is 28.0. The number of hydrogen-bond donors (Lipinski definition) is 3. The van der Waals surface area contributed by atoms with E-state index in [0.717, 1.165) is 89.9 Å². The number of carbonyl (C=O) groups is 2. The fourth-order valence-corrected chi connectivity index (χ4v) is 8.40. The van der Waals surface area contributed by atoms with Gasteiger partial charge in [0.2, 0.25) is 5.91 Å². The predicted molar refractivity (Wildman–Crippen MR) is 282 cm³/mol. The topological polar surface area (TPSA) is 95.9 Å². The van der Waals surface area contributed by atoms with Gasteiger partial charge in [-0.3, -0.25) is 9.59 Å². The summed E-state index contributed by atoms with van der Waals surface area (Å²) in [5, 5.41) is 23.8. The fourth-order valence-electron chi connectivity index (χ4n) is 8.40. The molecule has 0 heterocycles. The molecule has 6 nitrogen and oxygen atoms in total. The lowest BCUT2D eigenvalue weighted by Crippen LogP contribution is -2.46. The average Bonchev–Trinajstić information content (AvgIpc) is 3.30. The van der Waals surface area contributed by atoms with Gasteiger partial charge in [-0.05, 0) is 70.6 Å². The minimum atomic E-state index is -0.793. The Hall–Kier alpha value is -2.44. The van der Waals surface area contributed by atoms with Crippen LogP contribution in [0.25, 0.3) is 0 Å². The Morgan fingerprint density at radius 3 is 1.25 bits per heavy atom. The van der Waals surface area contributed by atoms with Gasteiger partial charge in [0.05, 0.1) is 25.2 Å². The van der Waals surface area contributed by atoms with Crippen LogP contribution in [0.3, 0.4) is 0 Å². The summed E-state index contributed by atoms with van der Waals surface area (Å²) in [4.78, 5) is 26.2. The Morgan fingerprint density at radius 2 is 0.831 bits per heavy atom. The van der Waals surface area contributed by atoms with Gasteiger partial charge in [0, 0.05) is 6.42 Å². The standard InChI is InChI=1S/C59H107NO5/c1-4-7-10-13-16-19-22-24-26-28-29-31-33-35-37-40-43-46-49-52-59(64)65-55(50-47-44-41-38-36-34-32-30-27-25-23-20-17-14-11-8-5-2)53-58(63)60-56(54-61)57(62)51-48-45-42-39-21-18-15-12-9-6-3/h7,10,16,19,24,26,29,31,35,37,55-57,61-62H,4-6,8-9,11-15,17-18,20-23,25,27-28,30,32-34,36,38-54H2,1-3H3,(H,60,63)/b10-7-,19-16-,26-24-,31-29-,37-35-. The molecule has 0 aliphatic carbocycles. The lowest BCUT2D eigenvalue weighted by atomic mass is 10.0. The number of allylic oxidation sites excluding steroid dienone is 10. The molecule has 65 heavy (non-hydrogen) atoms. The van der Waals surface area contributed by atoms with Crippen LogP contribution in [0.1, 0.15) is 278 Å². The van der Waals surface area contributed by atoms with E-state index in [1.165, 1.54) is 141 Å². The smallest absolute Gasteiger partial charge is 0.306 e. The molecule has 0 radical (unpaired) electrons. The molecule has 0 aliphatic heterocycles. The number of aliphatic hydroxyl groups excluding tert-OH is 2. The van der Waals surface area contributed by atoms with Gasteiger partial charge in [0.25, 0.3) is 0 Å². The van der Waals surface area contributed by atoms with Crippen LogP contribution in [0.4, 0.5) is 0 Å².